The third kappa shape index (κ3) is 3.30. The van der Waals surface area contributed by atoms with E-state index in [9.17, 15) is 4.79 Å². The fourth-order valence-electron chi connectivity index (χ4n) is 1.23. The van der Waals surface area contributed by atoms with Crippen LogP contribution in [0.4, 0.5) is 11.4 Å². The van der Waals surface area contributed by atoms with E-state index >= 15 is 0 Å². The maximum Gasteiger partial charge on any atom is 0.337 e. The molecule has 90 valence electrons. The molecule has 0 aliphatic rings. The smallest absolute Gasteiger partial charge is 0.337 e. The Morgan fingerprint density at radius 2 is 2.24 bits per heavy atom. The van der Waals surface area contributed by atoms with E-state index in [2.05, 4.69) is 10.5 Å². The molecule has 0 radical (unpaired) electrons. The predicted molar refractivity (Wildman–Crippen MR) is 68.6 cm³/mol. The van der Waals surface area contributed by atoms with Gasteiger partial charge in [0.05, 0.1) is 17.5 Å². The van der Waals surface area contributed by atoms with Gasteiger partial charge in [-0.15, -0.1) is 0 Å². The summed E-state index contributed by atoms with van der Waals surface area (Å²) in [4.78, 5) is 12.9. The molecule has 0 bridgehead atoms. The van der Waals surface area contributed by atoms with E-state index in [0.717, 1.165) is 11.9 Å². The summed E-state index contributed by atoms with van der Waals surface area (Å²) in [5, 5.41) is 19.5. The Morgan fingerprint density at radius 1 is 1.53 bits per heavy atom. The highest BCUT2D eigenvalue weighted by Gasteiger charge is 2.11. The van der Waals surface area contributed by atoms with Gasteiger partial charge in [0.2, 0.25) is 0 Å². The molecule has 6 heteroatoms. The second kappa shape index (κ2) is 5.64. The molecular weight excluding hydrogens is 220 g/mol. The zero-order chi connectivity index (χ0) is 12.8. The summed E-state index contributed by atoms with van der Waals surface area (Å²) < 4.78 is 0. The standard InChI is InChI=1S/C11H14N4O2/c1-15(2)8-3-4-10(14-13-6-5-12)9(7-8)11(16)17/h3-7,12,14H,1-2H3,(H,16,17)/b12-5?,13-6-. The van der Waals surface area contributed by atoms with Crippen LogP contribution in [0, 0.1) is 5.41 Å². The number of carboxylic acid groups (broad SMARTS) is 1. The predicted octanol–water partition coefficient (Wildman–Crippen LogP) is 1.50. The van der Waals surface area contributed by atoms with Gasteiger partial charge in [-0.3, -0.25) is 5.43 Å². The molecular formula is C11H14N4O2. The van der Waals surface area contributed by atoms with Gasteiger partial charge in [-0.2, -0.15) is 5.10 Å². The van der Waals surface area contributed by atoms with E-state index in [1.54, 1.807) is 18.2 Å². The van der Waals surface area contributed by atoms with Crippen LogP contribution in [0.5, 0.6) is 0 Å². The Hall–Kier alpha value is -2.37. The minimum absolute atomic E-state index is 0.137. The lowest BCUT2D eigenvalue weighted by Crippen LogP contribution is -2.11. The zero-order valence-corrected chi connectivity index (χ0v) is 9.64. The number of hydrogen-bond donors (Lipinski definition) is 3. The van der Waals surface area contributed by atoms with E-state index in [1.807, 2.05) is 19.0 Å². The number of hydrazone groups is 1. The molecule has 0 saturated heterocycles. The normalized spacial score (nSPS) is 10.2. The maximum atomic E-state index is 11.1. The maximum absolute atomic E-state index is 11.1. The number of benzene rings is 1. The van der Waals surface area contributed by atoms with Crippen LogP contribution in [0.25, 0.3) is 0 Å². The highest BCUT2D eigenvalue weighted by atomic mass is 16.4. The lowest BCUT2D eigenvalue weighted by molar-refractivity contribution is 0.0698. The van der Waals surface area contributed by atoms with E-state index in [1.165, 1.54) is 6.21 Å². The molecule has 6 nitrogen and oxygen atoms in total. The number of aromatic carboxylic acids is 1. The van der Waals surface area contributed by atoms with E-state index in [4.69, 9.17) is 10.5 Å². The van der Waals surface area contributed by atoms with E-state index < -0.39 is 5.97 Å². The first-order valence-corrected chi connectivity index (χ1v) is 4.89. The number of carbonyl (C=O) groups is 1. The number of nitrogens with one attached hydrogen (secondary N) is 2. The van der Waals surface area contributed by atoms with Crippen LogP contribution in [0.2, 0.25) is 0 Å². The second-order valence-corrected chi connectivity index (χ2v) is 3.49. The third-order valence-electron chi connectivity index (χ3n) is 2.08. The number of carboxylic acids is 1. The summed E-state index contributed by atoms with van der Waals surface area (Å²) >= 11 is 0. The summed E-state index contributed by atoms with van der Waals surface area (Å²) in [5.41, 5.74) is 3.90. The van der Waals surface area contributed by atoms with Gasteiger partial charge < -0.3 is 15.4 Å². The molecule has 3 N–H and O–H groups in total. The minimum Gasteiger partial charge on any atom is -0.478 e. The van der Waals surface area contributed by atoms with Crippen molar-refractivity contribution < 1.29 is 9.90 Å². The SMILES string of the molecule is CN(C)c1ccc(N/N=C\C=N)c(C(=O)O)c1. The summed E-state index contributed by atoms with van der Waals surface area (Å²) in [7, 11) is 3.67. The van der Waals surface area contributed by atoms with Crippen molar-refractivity contribution in [1.82, 2.24) is 0 Å². The molecule has 0 saturated carbocycles. The summed E-state index contributed by atoms with van der Waals surface area (Å²) in [6, 6.07) is 4.99. The Morgan fingerprint density at radius 3 is 2.76 bits per heavy atom. The van der Waals surface area contributed by atoms with Crippen LogP contribution in [0.1, 0.15) is 10.4 Å². The highest BCUT2D eigenvalue weighted by molar-refractivity contribution is 6.14. The Labute approximate surface area is 99.1 Å². The molecule has 1 aromatic carbocycles. The third-order valence-corrected chi connectivity index (χ3v) is 2.08. The van der Waals surface area contributed by atoms with Gasteiger partial charge in [0.15, 0.2) is 0 Å². The van der Waals surface area contributed by atoms with Crippen LogP contribution in [0.15, 0.2) is 23.3 Å². The van der Waals surface area contributed by atoms with Gasteiger partial charge in [-0.05, 0) is 18.2 Å². The molecule has 0 aliphatic carbocycles. The zero-order valence-electron chi connectivity index (χ0n) is 9.64. The largest absolute Gasteiger partial charge is 0.478 e. The first-order chi connectivity index (χ1) is 8.06. The summed E-state index contributed by atoms with van der Waals surface area (Å²) in [5.74, 6) is -1.03. The van der Waals surface area contributed by atoms with Crippen LogP contribution < -0.4 is 10.3 Å². The van der Waals surface area contributed by atoms with Gasteiger partial charge >= 0.3 is 5.97 Å². The lowest BCUT2D eigenvalue weighted by atomic mass is 10.1. The summed E-state index contributed by atoms with van der Waals surface area (Å²) in [6.07, 6.45) is 2.23. The van der Waals surface area contributed by atoms with Crippen molar-refractivity contribution in [3.8, 4) is 0 Å². The molecule has 0 heterocycles. The molecule has 0 fully saturated rings. The number of nitrogens with zero attached hydrogens (tertiary/aromatic N) is 2. The van der Waals surface area contributed by atoms with Gasteiger partial charge in [0.25, 0.3) is 0 Å². The molecule has 0 spiro atoms. The Kier molecular flexibility index (Phi) is 4.21. The first kappa shape index (κ1) is 12.7. The fourth-order valence-corrected chi connectivity index (χ4v) is 1.23. The quantitative estimate of drug-likeness (QED) is 0.532. The van der Waals surface area contributed by atoms with Crippen molar-refractivity contribution in [1.29, 1.82) is 5.41 Å². The molecule has 0 aromatic heterocycles. The second-order valence-electron chi connectivity index (χ2n) is 3.49. The molecule has 0 atom stereocenters. The number of rotatable bonds is 5. The van der Waals surface area contributed by atoms with Crippen LogP contribution >= 0.6 is 0 Å². The van der Waals surface area contributed by atoms with Gasteiger partial charge in [-0.1, -0.05) is 0 Å². The van der Waals surface area contributed by atoms with Crippen molar-refractivity contribution in [2.45, 2.75) is 0 Å². The first-order valence-electron chi connectivity index (χ1n) is 4.89. The van der Waals surface area contributed by atoms with Gasteiger partial charge in [0, 0.05) is 26.0 Å². The van der Waals surface area contributed by atoms with Crippen LogP contribution in [-0.2, 0) is 0 Å². The van der Waals surface area contributed by atoms with Crippen molar-refractivity contribution in [2.75, 3.05) is 24.4 Å². The van der Waals surface area contributed by atoms with Crippen molar-refractivity contribution in [3.05, 3.63) is 23.8 Å². The molecule has 1 rings (SSSR count). The monoisotopic (exact) mass is 234 g/mol. The van der Waals surface area contributed by atoms with Crippen molar-refractivity contribution in [2.24, 2.45) is 5.10 Å². The average Bonchev–Trinajstić information content (AvgIpc) is 2.29. The molecule has 17 heavy (non-hydrogen) atoms. The molecule has 0 amide bonds. The molecule has 0 aliphatic heterocycles. The van der Waals surface area contributed by atoms with E-state index in [-0.39, 0.29) is 5.56 Å². The molecule has 0 unspecified atom stereocenters. The Balaban J connectivity index is 3.08. The average molecular weight is 234 g/mol. The number of hydrogen-bond acceptors (Lipinski definition) is 5. The van der Waals surface area contributed by atoms with Crippen molar-refractivity contribution >= 4 is 29.8 Å². The Bertz CT molecular complexity index is 455. The van der Waals surface area contributed by atoms with Crippen LogP contribution in [0.3, 0.4) is 0 Å². The van der Waals surface area contributed by atoms with Crippen LogP contribution in [-0.4, -0.2) is 37.6 Å². The van der Waals surface area contributed by atoms with Gasteiger partial charge in [0.1, 0.15) is 0 Å². The number of anilines is 2. The lowest BCUT2D eigenvalue weighted by Gasteiger charge is -2.14. The summed E-state index contributed by atoms with van der Waals surface area (Å²) in [6.45, 7) is 0. The fraction of sp³-hybridized carbons (Fsp3) is 0.182. The highest BCUT2D eigenvalue weighted by Crippen LogP contribution is 2.22. The minimum atomic E-state index is -1.03. The van der Waals surface area contributed by atoms with E-state index in [0.29, 0.717) is 5.69 Å². The van der Waals surface area contributed by atoms with Crippen molar-refractivity contribution in [3.63, 3.8) is 0 Å². The molecule has 1 aromatic rings. The van der Waals surface area contributed by atoms with Gasteiger partial charge in [-0.25, -0.2) is 4.79 Å². The topological polar surface area (TPSA) is 88.8 Å².